The van der Waals surface area contributed by atoms with Gasteiger partial charge in [-0.15, -0.1) is 0 Å². The first-order valence-electron chi connectivity index (χ1n) is 10.9. The maximum atomic E-state index is 13.2. The molecular formula is C23H22N6O6. The van der Waals surface area contributed by atoms with E-state index in [-0.39, 0.29) is 12.4 Å². The van der Waals surface area contributed by atoms with Crippen LogP contribution in [0.3, 0.4) is 0 Å². The van der Waals surface area contributed by atoms with Crippen LogP contribution >= 0.6 is 0 Å². The first-order chi connectivity index (χ1) is 17.0. The van der Waals surface area contributed by atoms with Crippen LogP contribution in [-0.4, -0.2) is 59.9 Å². The zero-order valence-electron chi connectivity index (χ0n) is 19.2. The molecule has 1 fully saturated rings. The summed E-state index contributed by atoms with van der Waals surface area (Å²) in [5, 5.41) is 13.5. The van der Waals surface area contributed by atoms with Crippen LogP contribution < -0.4 is 19.1 Å². The molecule has 2 atom stereocenters. The Kier molecular flexibility index (Phi) is 5.77. The Morgan fingerprint density at radius 2 is 1.80 bits per heavy atom. The van der Waals surface area contributed by atoms with Crippen molar-refractivity contribution in [3.63, 3.8) is 0 Å². The summed E-state index contributed by atoms with van der Waals surface area (Å²) in [7, 11) is 3.09. The molecule has 12 nitrogen and oxygen atoms in total. The van der Waals surface area contributed by atoms with E-state index < -0.39 is 23.9 Å². The molecule has 0 spiro atoms. The molecule has 0 aliphatic carbocycles. The van der Waals surface area contributed by atoms with Crippen molar-refractivity contribution in [2.45, 2.75) is 25.6 Å². The topological polar surface area (TPSA) is 132 Å². The monoisotopic (exact) mass is 478 g/mol. The second kappa shape index (κ2) is 9.05. The number of carbonyl (C=O) groups excluding carboxylic acids is 2. The first-order valence-corrected chi connectivity index (χ1v) is 10.9. The molecule has 3 aromatic rings. The summed E-state index contributed by atoms with van der Waals surface area (Å²) in [6.07, 6.45) is 0. The lowest BCUT2D eigenvalue weighted by molar-refractivity contribution is -0.123. The molecule has 0 N–H and O–H groups in total. The van der Waals surface area contributed by atoms with E-state index >= 15 is 0 Å². The van der Waals surface area contributed by atoms with Gasteiger partial charge in [0, 0.05) is 5.56 Å². The number of anilines is 1. The van der Waals surface area contributed by atoms with Crippen molar-refractivity contribution in [2.24, 2.45) is 10.3 Å². The number of rotatable bonds is 8. The van der Waals surface area contributed by atoms with E-state index in [0.29, 0.717) is 40.9 Å². The van der Waals surface area contributed by atoms with Crippen molar-refractivity contribution < 1.29 is 28.3 Å². The number of aromatic nitrogens is 2. The number of carbonyl (C=O) groups is 2. The van der Waals surface area contributed by atoms with Crippen LogP contribution in [0.4, 0.5) is 5.69 Å². The normalized spacial score (nSPS) is 18.8. The number of hydrogen-bond donors (Lipinski definition) is 0. The number of nitrogens with zero attached hydrogens (tertiary/aromatic N) is 6. The van der Waals surface area contributed by atoms with Gasteiger partial charge < -0.3 is 18.7 Å². The lowest BCUT2D eigenvalue weighted by atomic mass is 10.1. The molecule has 2 amide bonds. The number of hydrogen-bond acceptors (Lipinski definition) is 11. The van der Waals surface area contributed by atoms with E-state index in [1.165, 1.54) is 5.01 Å². The highest BCUT2D eigenvalue weighted by molar-refractivity contribution is 6.25. The summed E-state index contributed by atoms with van der Waals surface area (Å²) in [4.78, 5) is 31.6. The largest absolute Gasteiger partial charge is 0.497 e. The van der Waals surface area contributed by atoms with Gasteiger partial charge >= 0.3 is 0 Å². The fourth-order valence-corrected chi connectivity index (χ4v) is 4.00. The van der Waals surface area contributed by atoms with Crippen molar-refractivity contribution in [3.05, 3.63) is 48.4 Å². The minimum Gasteiger partial charge on any atom is -0.497 e. The Hall–Kier alpha value is -4.48. The molecule has 35 heavy (non-hydrogen) atoms. The second-order valence-electron chi connectivity index (χ2n) is 7.71. The summed E-state index contributed by atoms with van der Waals surface area (Å²) < 4.78 is 21.4. The fraction of sp³-hybridized carbons (Fsp3) is 0.304. The number of benzene rings is 2. The average molecular weight is 478 g/mol. The van der Waals surface area contributed by atoms with Gasteiger partial charge in [-0.3, -0.25) is 14.6 Å². The number of fused-ring (bicyclic) bond motifs is 1. The molecule has 3 heterocycles. The van der Waals surface area contributed by atoms with Gasteiger partial charge in [0.05, 0.1) is 26.5 Å². The second-order valence-corrected chi connectivity index (χ2v) is 7.71. The van der Waals surface area contributed by atoms with E-state index in [9.17, 15) is 9.59 Å². The van der Waals surface area contributed by atoms with Gasteiger partial charge in [-0.1, -0.05) is 10.4 Å². The summed E-state index contributed by atoms with van der Waals surface area (Å²) in [5.74, 6) is 1.46. The highest BCUT2D eigenvalue weighted by atomic mass is 16.5. The predicted molar refractivity (Wildman–Crippen MR) is 121 cm³/mol. The van der Waals surface area contributed by atoms with Gasteiger partial charge in [-0.05, 0) is 49.4 Å². The molecule has 0 bridgehead atoms. The molecule has 5 rings (SSSR count). The van der Waals surface area contributed by atoms with Crippen LogP contribution in [0.15, 0.2) is 57.3 Å². The zero-order valence-corrected chi connectivity index (χ0v) is 19.2. The van der Waals surface area contributed by atoms with Crippen molar-refractivity contribution in [3.8, 4) is 28.6 Å². The Morgan fingerprint density at radius 3 is 2.51 bits per heavy atom. The summed E-state index contributed by atoms with van der Waals surface area (Å²) in [6.45, 7) is 2.41. The molecule has 1 saturated heterocycles. The molecule has 180 valence electrons. The van der Waals surface area contributed by atoms with Crippen LogP contribution in [0, 0.1) is 0 Å². The third-order valence-corrected chi connectivity index (χ3v) is 5.68. The lowest BCUT2D eigenvalue weighted by Crippen LogP contribution is -2.39. The molecule has 2 aliphatic heterocycles. The van der Waals surface area contributed by atoms with Gasteiger partial charge in [0.25, 0.3) is 11.8 Å². The molecule has 2 aliphatic rings. The predicted octanol–water partition coefficient (Wildman–Crippen LogP) is 2.65. The van der Waals surface area contributed by atoms with E-state index in [2.05, 4.69) is 20.5 Å². The van der Waals surface area contributed by atoms with Crippen LogP contribution in [0.2, 0.25) is 0 Å². The molecule has 0 unspecified atom stereocenters. The molecule has 0 radical (unpaired) electrons. The minimum absolute atomic E-state index is 0.0152. The van der Waals surface area contributed by atoms with E-state index in [1.807, 2.05) is 6.92 Å². The molecular weight excluding hydrogens is 456 g/mol. The average Bonchev–Trinajstić information content (AvgIpc) is 3.58. The molecule has 0 saturated carbocycles. The van der Waals surface area contributed by atoms with Crippen LogP contribution in [0.25, 0.3) is 11.4 Å². The third-order valence-electron chi connectivity index (χ3n) is 5.68. The number of ether oxygens (including phenoxy) is 3. The van der Waals surface area contributed by atoms with Crippen molar-refractivity contribution in [2.75, 3.05) is 25.7 Å². The van der Waals surface area contributed by atoms with Gasteiger partial charge in [0.1, 0.15) is 12.3 Å². The SMILES string of the molecule is CCOc1ccc(-c2noc(CN3N=N[C@H]4C(=O)N(c5ccc(OC)cc5)C(=O)[C@H]43)n2)cc1OC. The van der Waals surface area contributed by atoms with Crippen molar-refractivity contribution in [1.82, 2.24) is 15.1 Å². The number of imide groups is 1. The maximum Gasteiger partial charge on any atom is 0.263 e. The number of amides is 2. The van der Waals surface area contributed by atoms with E-state index in [4.69, 9.17) is 18.7 Å². The molecule has 12 heteroatoms. The smallest absolute Gasteiger partial charge is 0.263 e. The number of methoxy groups -OCH3 is 2. The van der Waals surface area contributed by atoms with Crippen molar-refractivity contribution >= 4 is 17.5 Å². The standard InChI is InChI=1S/C23H22N6O6/c1-4-34-16-10-5-13(11-17(16)33-3)21-24-18(35-26-21)12-28-20-19(25-27-28)22(30)29(23(20)31)14-6-8-15(32-2)9-7-14/h5-11,19-20H,4,12H2,1-3H3/t19-,20+/m1/s1. The maximum absolute atomic E-state index is 13.2. The molecule has 1 aromatic heterocycles. The minimum atomic E-state index is -0.928. The molecule has 2 aromatic carbocycles. The Morgan fingerprint density at radius 1 is 1.00 bits per heavy atom. The highest BCUT2D eigenvalue weighted by Gasteiger charge is 2.55. The van der Waals surface area contributed by atoms with Gasteiger partial charge in [0.15, 0.2) is 23.6 Å². The van der Waals surface area contributed by atoms with Gasteiger partial charge in [-0.25, -0.2) is 4.90 Å². The first kappa shape index (κ1) is 22.3. The van der Waals surface area contributed by atoms with Crippen LogP contribution in [-0.2, 0) is 16.1 Å². The highest BCUT2D eigenvalue weighted by Crippen LogP contribution is 2.34. The Balaban J connectivity index is 1.33. The summed E-state index contributed by atoms with van der Waals surface area (Å²) in [6, 6.07) is 10.1. The quantitative estimate of drug-likeness (QED) is 0.448. The Bertz CT molecular complexity index is 1290. The van der Waals surface area contributed by atoms with Gasteiger partial charge in [0.2, 0.25) is 11.7 Å². The fourth-order valence-electron chi connectivity index (χ4n) is 4.00. The van der Waals surface area contributed by atoms with E-state index in [1.54, 1.807) is 56.7 Å². The Labute approximate surface area is 200 Å². The summed E-state index contributed by atoms with van der Waals surface area (Å²) in [5.41, 5.74) is 1.11. The van der Waals surface area contributed by atoms with Crippen LogP contribution in [0.5, 0.6) is 17.2 Å². The van der Waals surface area contributed by atoms with E-state index in [0.717, 1.165) is 4.90 Å². The third kappa shape index (κ3) is 3.92. The van der Waals surface area contributed by atoms with Crippen LogP contribution in [0.1, 0.15) is 12.8 Å². The van der Waals surface area contributed by atoms with Crippen molar-refractivity contribution in [1.29, 1.82) is 0 Å². The lowest BCUT2D eigenvalue weighted by Gasteiger charge is -2.19. The van der Waals surface area contributed by atoms with Gasteiger partial charge in [-0.2, -0.15) is 10.1 Å². The summed E-state index contributed by atoms with van der Waals surface area (Å²) >= 11 is 0. The zero-order chi connectivity index (χ0) is 24.5.